The molecule has 1 aromatic carbocycles. The maximum atomic E-state index is 12.8. The summed E-state index contributed by atoms with van der Waals surface area (Å²) in [5.74, 6) is -1.56. The summed E-state index contributed by atoms with van der Waals surface area (Å²) >= 11 is 0. The van der Waals surface area contributed by atoms with Crippen molar-refractivity contribution in [3.8, 4) is 0 Å². The Hall–Kier alpha value is -2.01. The van der Waals surface area contributed by atoms with E-state index < -0.39 is 28.1 Å². The molecular formula is C19H30N4O5S. The van der Waals surface area contributed by atoms with Gasteiger partial charge in [-0.2, -0.15) is 4.31 Å². The fraction of sp³-hybridized carbons (Fsp3) is 0.579. The van der Waals surface area contributed by atoms with Crippen molar-refractivity contribution in [2.75, 3.05) is 45.9 Å². The number of ether oxygens (including phenoxy) is 1. The van der Waals surface area contributed by atoms with Crippen molar-refractivity contribution in [1.29, 1.82) is 0 Å². The highest BCUT2D eigenvalue weighted by Crippen LogP contribution is 2.22. The highest BCUT2D eigenvalue weighted by Gasteiger charge is 2.36. The lowest BCUT2D eigenvalue weighted by Crippen LogP contribution is -2.48. The number of rotatable bonds is 9. The predicted molar refractivity (Wildman–Crippen MR) is 109 cm³/mol. The molecule has 29 heavy (non-hydrogen) atoms. The highest BCUT2D eigenvalue weighted by molar-refractivity contribution is 7.89. The van der Waals surface area contributed by atoms with Gasteiger partial charge in [-0.15, -0.1) is 0 Å². The van der Waals surface area contributed by atoms with Crippen LogP contribution >= 0.6 is 0 Å². The van der Waals surface area contributed by atoms with E-state index >= 15 is 0 Å². The second-order valence-corrected chi connectivity index (χ2v) is 8.64. The molecule has 1 fully saturated rings. The lowest BCUT2D eigenvalue weighted by molar-refractivity contribution is -0.139. The second-order valence-electron chi connectivity index (χ2n) is 6.75. The minimum atomic E-state index is -3.75. The van der Waals surface area contributed by atoms with E-state index in [1.807, 2.05) is 20.8 Å². The van der Waals surface area contributed by atoms with Crippen LogP contribution < -0.4 is 10.6 Å². The van der Waals surface area contributed by atoms with E-state index in [0.717, 1.165) is 18.7 Å². The Balaban J connectivity index is 1.88. The molecular weight excluding hydrogens is 396 g/mol. The molecule has 1 aliphatic heterocycles. The first-order valence-corrected chi connectivity index (χ1v) is 11.2. The van der Waals surface area contributed by atoms with Gasteiger partial charge in [-0.3, -0.25) is 9.59 Å². The van der Waals surface area contributed by atoms with Gasteiger partial charge < -0.3 is 20.3 Å². The van der Waals surface area contributed by atoms with E-state index in [-0.39, 0.29) is 24.6 Å². The molecule has 2 amide bonds. The Labute approximate surface area is 172 Å². The Morgan fingerprint density at radius 3 is 2.38 bits per heavy atom. The number of sulfonamides is 1. The Morgan fingerprint density at radius 1 is 1.14 bits per heavy atom. The summed E-state index contributed by atoms with van der Waals surface area (Å²) in [6.07, 6.45) is -0.853. The van der Waals surface area contributed by atoms with Gasteiger partial charge in [0.15, 0.2) is 0 Å². The third-order valence-corrected chi connectivity index (χ3v) is 6.73. The molecule has 1 heterocycles. The van der Waals surface area contributed by atoms with Crippen LogP contribution in [0.4, 0.5) is 0 Å². The van der Waals surface area contributed by atoms with Crippen LogP contribution in [0.25, 0.3) is 0 Å². The van der Waals surface area contributed by atoms with Gasteiger partial charge in [0.05, 0.1) is 18.0 Å². The molecule has 0 unspecified atom stereocenters. The largest absolute Gasteiger partial charge is 0.359 e. The van der Waals surface area contributed by atoms with Crippen LogP contribution in [0.5, 0.6) is 0 Å². The third-order valence-electron chi connectivity index (χ3n) is 4.82. The molecule has 0 spiro atoms. The molecule has 1 aliphatic rings. The SMILES string of the molecule is CCN(CC)CCNC(=O)C(=O)NC[C@H]1OCCN1S(=O)(=O)c1ccc(C)cc1. The smallest absolute Gasteiger partial charge is 0.309 e. The average molecular weight is 427 g/mol. The first kappa shape index (κ1) is 23.3. The second kappa shape index (κ2) is 10.7. The number of amides is 2. The molecule has 0 aromatic heterocycles. The van der Waals surface area contributed by atoms with Crippen molar-refractivity contribution >= 4 is 21.8 Å². The van der Waals surface area contributed by atoms with Crippen molar-refractivity contribution in [2.24, 2.45) is 0 Å². The Bertz CT molecular complexity index is 793. The molecule has 2 N–H and O–H groups in total. The molecule has 10 heteroatoms. The van der Waals surface area contributed by atoms with Crippen LogP contribution in [0, 0.1) is 6.92 Å². The summed E-state index contributed by atoms with van der Waals surface area (Å²) in [4.78, 5) is 26.2. The Kier molecular flexibility index (Phi) is 8.57. The summed E-state index contributed by atoms with van der Waals surface area (Å²) in [6.45, 7) is 8.97. The van der Waals surface area contributed by atoms with E-state index in [0.29, 0.717) is 13.1 Å². The van der Waals surface area contributed by atoms with Crippen molar-refractivity contribution in [1.82, 2.24) is 19.8 Å². The quantitative estimate of drug-likeness (QED) is 0.535. The van der Waals surface area contributed by atoms with Crippen LogP contribution in [-0.4, -0.2) is 81.5 Å². The fourth-order valence-electron chi connectivity index (χ4n) is 3.00. The number of likely N-dealkylation sites (N-methyl/N-ethyl adjacent to an activating group) is 1. The minimum Gasteiger partial charge on any atom is -0.359 e. The number of carbonyl (C=O) groups excluding carboxylic acids is 2. The molecule has 162 valence electrons. The van der Waals surface area contributed by atoms with Crippen LogP contribution in [-0.2, 0) is 24.3 Å². The first-order valence-electron chi connectivity index (χ1n) is 9.78. The van der Waals surface area contributed by atoms with Gasteiger partial charge in [-0.25, -0.2) is 8.42 Å². The third kappa shape index (κ3) is 6.23. The summed E-state index contributed by atoms with van der Waals surface area (Å²) in [7, 11) is -3.75. The monoisotopic (exact) mass is 426 g/mol. The van der Waals surface area contributed by atoms with Crippen LogP contribution in [0.15, 0.2) is 29.2 Å². The number of carbonyl (C=O) groups is 2. The molecule has 1 aromatic rings. The fourth-order valence-corrected chi connectivity index (χ4v) is 4.51. The zero-order valence-corrected chi connectivity index (χ0v) is 18.0. The number of hydrogen-bond acceptors (Lipinski definition) is 6. The van der Waals surface area contributed by atoms with Gasteiger partial charge in [0.2, 0.25) is 10.0 Å². The zero-order chi connectivity index (χ0) is 21.4. The van der Waals surface area contributed by atoms with Crippen molar-refractivity contribution in [2.45, 2.75) is 31.9 Å². The number of nitrogens with one attached hydrogen (secondary N) is 2. The van der Waals surface area contributed by atoms with Crippen LogP contribution in [0.2, 0.25) is 0 Å². The van der Waals surface area contributed by atoms with Gasteiger partial charge in [-0.05, 0) is 32.1 Å². The van der Waals surface area contributed by atoms with Crippen LogP contribution in [0.1, 0.15) is 19.4 Å². The molecule has 2 rings (SSSR count). The summed E-state index contributed by atoms with van der Waals surface area (Å²) in [5.41, 5.74) is 0.956. The number of benzene rings is 1. The summed E-state index contributed by atoms with van der Waals surface area (Å²) in [6, 6.07) is 6.54. The van der Waals surface area contributed by atoms with Crippen molar-refractivity contribution < 1.29 is 22.7 Å². The minimum absolute atomic E-state index is 0.104. The topological polar surface area (TPSA) is 108 Å². The van der Waals surface area contributed by atoms with Crippen molar-refractivity contribution in [3.05, 3.63) is 29.8 Å². The van der Waals surface area contributed by atoms with E-state index in [1.54, 1.807) is 24.3 Å². The number of nitrogens with zero attached hydrogens (tertiary/aromatic N) is 2. The molecule has 0 aliphatic carbocycles. The van der Waals surface area contributed by atoms with Gasteiger partial charge in [0, 0.05) is 19.6 Å². The van der Waals surface area contributed by atoms with E-state index in [2.05, 4.69) is 15.5 Å². The van der Waals surface area contributed by atoms with Gasteiger partial charge in [-0.1, -0.05) is 31.5 Å². The zero-order valence-electron chi connectivity index (χ0n) is 17.2. The summed E-state index contributed by atoms with van der Waals surface area (Å²) < 4.78 is 32.4. The average Bonchev–Trinajstić information content (AvgIpc) is 3.19. The molecule has 1 saturated heterocycles. The first-order chi connectivity index (χ1) is 13.8. The lowest BCUT2D eigenvalue weighted by atomic mass is 10.2. The van der Waals surface area contributed by atoms with Crippen molar-refractivity contribution in [3.63, 3.8) is 0 Å². The molecule has 0 saturated carbocycles. The maximum absolute atomic E-state index is 12.8. The summed E-state index contributed by atoms with van der Waals surface area (Å²) in [5, 5.41) is 5.02. The standard InChI is InChI=1S/C19H30N4O5S/c1-4-22(5-2)11-10-20-18(24)19(25)21-14-17-23(12-13-28-17)29(26,27)16-8-6-15(3)7-9-16/h6-9,17H,4-5,10-14H2,1-3H3,(H,20,24)(H,21,25)/t17-/m1/s1. The molecule has 0 bridgehead atoms. The van der Waals surface area contributed by atoms with E-state index in [1.165, 1.54) is 4.31 Å². The highest BCUT2D eigenvalue weighted by atomic mass is 32.2. The van der Waals surface area contributed by atoms with Gasteiger partial charge in [0.25, 0.3) is 0 Å². The normalized spacial score (nSPS) is 17.4. The molecule has 9 nitrogen and oxygen atoms in total. The van der Waals surface area contributed by atoms with Crippen LogP contribution in [0.3, 0.4) is 0 Å². The van der Waals surface area contributed by atoms with E-state index in [9.17, 15) is 18.0 Å². The molecule has 1 atom stereocenters. The molecule has 0 radical (unpaired) electrons. The Morgan fingerprint density at radius 2 is 1.76 bits per heavy atom. The van der Waals surface area contributed by atoms with E-state index in [4.69, 9.17) is 4.74 Å². The lowest BCUT2D eigenvalue weighted by Gasteiger charge is -2.23. The predicted octanol–water partition coefficient (Wildman–Crippen LogP) is -0.0838. The van der Waals surface area contributed by atoms with Gasteiger partial charge in [0.1, 0.15) is 6.23 Å². The number of hydrogen-bond donors (Lipinski definition) is 2. The number of aryl methyl sites for hydroxylation is 1. The van der Waals surface area contributed by atoms with Gasteiger partial charge >= 0.3 is 11.8 Å². The maximum Gasteiger partial charge on any atom is 0.309 e.